The van der Waals surface area contributed by atoms with Crippen LogP contribution in [0.1, 0.15) is 48.0 Å². The number of rotatable bonds is 8. The van der Waals surface area contributed by atoms with Crippen LogP contribution in [0.2, 0.25) is 0 Å². The highest BCUT2D eigenvalue weighted by molar-refractivity contribution is 5.95. The molecule has 0 radical (unpaired) electrons. The molecule has 2 N–H and O–H groups in total. The van der Waals surface area contributed by atoms with Crippen LogP contribution in [-0.4, -0.2) is 40.6 Å². The number of carbonyl (C=O) groups excluding carboxylic acids is 1. The molecule has 5 rings (SSSR count). The average molecular weight is 490 g/mol. The molecule has 182 valence electrons. The third-order valence-corrected chi connectivity index (χ3v) is 7.15. The molecule has 3 aromatic rings. The highest BCUT2D eigenvalue weighted by Gasteiger charge is 2.35. The number of carbonyl (C=O) groups is 1. The highest BCUT2D eigenvalue weighted by atomic mass is 35.5. The van der Waals surface area contributed by atoms with E-state index in [0.717, 1.165) is 49.7 Å². The molecule has 0 bridgehead atoms. The molecule has 0 spiro atoms. The smallest absolute Gasteiger partial charge is 0.249 e. The third kappa shape index (κ3) is 4.77. The van der Waals surface area contributed by atoms with Crippen LogP contribution in [0.25, 0.3) is 10.9 Å². The lowest BCUT2D eigenvalue weighted by Crippen LogP contribution is -2.51. The monoisotopic (exact) mass is 489 g/mol. The van der Waals surface area contributed by atoms with Gasteiger partial charge in [0.1, 0.15) is 12.4 Å². The van der Waals surface area contributed by atoms with Gasteiger partial charge in [-0.1, -0.05) is 6.42 Å². The fourth-order valence-electron chi connectivity index (χ4n) is 5.20. The zero-order valence-corrected chi connectivity index (χ0v) is 19.8. The first-order valence-electron chi connectivity index (χ1n) is 11.8. The van der Waals surface area contributed by atoms with E-state index in [2.05, 4.69) is 9.47 Å². The molecule has 1 amide bonds. The number of ether oxygens (including phenoxy) is 1. The summed E-state index contributed by atoms with van der Waals surface area (Å²) in [6, 6.07) is 10.2. The van der Waals surface area contributed by atoms with Gasteiger partial charge in [-0.25, -0.2) is 8.78 Å². The Morgan fingerprint density at radius 1 is 1.12 bits per heavy atom. The number of hydrogen-bond acceptors (Lipinski definition) is 3. The van der Waals surface area contributed by atoms with Crippen molar-refractivity contribution in [1.82, 2.24) is 9.47 Å². The molecule has 1 aliphatic heterocycles. The second-order valence-corrected chi connectivity index (χ2v) is 9.18. The van der Waals surface area contributed by atoms with Crippen molar-refractivity contribution in [2.24, 2.45) is 5.73 Å². The minimum absolute atomic E-state index is 0. The molecule has 34 heavy (non-hydrogen) atoms. The minimum atomic E-state index is -0.551. The van der Waals surface area contributed by atoms with Gasteiger partial charge in [-0.15, -0.1) is 12.4 Å². The van der Waals surface area contributed by atoms with Gasteiger partial charge in [0.05, 0.1) is 0 Å². The first kappa shape index (κ1) is 24.5. The Morgan fingerprint density at radius 2 is 1.94 bits per heavy atom. The Labute approximate surface area is 204 Å². The van der Waals surface area contributed by atoms with Crippen molar-refractivity contribution in [2.45, 2.75) is 57.2 Å². The van der Waals surface area contributed by atoms with E-state index in [1.165, 1.54) is 24.6 Å². The van der Waals surface area contributed by atoms with Gasteiger partial charge in [-0.2, -0.15) is 0 Å². The van der Waals surface area contributed by atoms with Gasteiger partial charge < -0.3 is 15.0 Å². The standard InChI is InChI=1S/C26H29F2N3O2.ClH/c27-18-6-9-24-17(14-18)10-13-30(24)11-1-2-12-31(19-4-3-5-19)20-15-22-21(26(29)32)7-8-23(28)25(22)33-16-20;/h6-10,13-14,19-20H,1-5,11-12,15-16H2,(H2,29,32);1H. The molecule has 5 nitrogen and oxygen atoms in total. The molecule has 8 heteroatoms. The molecule has 2 heterocycles. The average Bonchev–Trinajstić information content (AvgIpc) is 3.16. The van der Waals surface area contributed by atoms with Crippen molar-refractivity contribution >= 4 is 29.2 Å². The predicted octanol–water partition coefficient (Wildman–Crippen LogP) is 5.08. The van der Waals surface area contributed by atoms with Crippen molar-refractivity contribution in [1.29, 1.82) is 0 Å². The van der Waals surface area contributed by atoms with E-state index in [4.69, 9.17) is 10.5 Å². The van der Waals surface area contributed by atoms with Crippen LogP contribution in [0, 0.1) is 11.6 Å². The van der Waals surface area contributed by atoms with Crippen LogP contribution < -0.4 is 10.5 Å². The quantitative estimate of drug-likeness (QED) is 0.449. The first-order valence-corrected chi connectivity index (χ1v) is 11.8. The van der Waals surface area contributed by atoms with Gasteiger partial charge in [0.2, 0.25) is 5.91 Å². The Kier molecular flexibility index (Phi) is 7.43. The zero-order valence-electron chi connectivity index (χ0n) is 19.0. The van der Waals surface area contributed by atoms with Crippen LogP contribution >= 0.6 is 12.4 Å². The van der Waals surface area contributed by atoms with Crippen LogP contribution in [0.4, 0.5) is 8.78 Å². The minimum Gasteiger partial charge on any atom is -0.489 e. The van der Waals surface area contributed by atoms with E-state index < -0.39 is 11.7 Å². The summed E-state index contributed by atoms with van der Waals surface area (Å²) in [5, 5.41) is 0.918. The summed E-state index contributed by atoms with van der Waals surface area (Å²) in [5.74, 6) is -1.04. The molecule has 1 saturated carbocycles. The van der Waals surface area contributed by atoms with E-state index in [1.54, 1.807) is 6.07 Å². The van der Waals surface area contributed by atoms with E-state index >= 15 is 0 Å². The van der Waals surface area contributed by atoms with Gasteiger partial charge in [0, 0.05) is 46.9 Å². The van der Waals surface area contributed by atoms with Crippen molar-refractivity contribution in [2.75, 3.05) is 13.2 Å². The van der Waals surface area contributed by atoms with Gasteiger partial charge in [-0.05, 0) is 75.0 Å². The summed E-state index contributed by atoms with van der Waals surface area (Å²) in [6.07, 6.45) is 8.11. The first-order chi connectivity index (χ1) is 16.0. The maximum atomic E-state index is 14.3. The Bertz CT molecular complexity index is 1180. The van der Waals surface area contributed by atoms with Crippen LogP contribution in [0.15, 0.2) is 42.6 Å². The number of amides is 1. The van der Waals surface area contributed by atoms with Gasteiger partial charge in [-0.3, -0.25) is 9.69 Å². The number of benzene rings is 2. The Balaban J connectivity index is 0.00000274. The molecule has 1 atom stereocenters. The fraction of sp³-hybridized carbons (Fsp3) is 0.423. The Morgan fingerprint density at radius 3 is 2.68 bits per heavy atom. The number of unbranched alkanes of at least 4 members (excludes halogenated alkanes) is 1. The van der Waals surface area contributed by atoms with E-state index in [0.29, 0.717) is 30.2 Å². The lowest BCUT2D eigenvalue weighted by atomic mass is 9.87. The van der Waals surface area contributed by atoms with E-state index in [-0.39, 0.29) is 30.0 Å². The number of halogens is 3. The number of aromatic nitrogens is 1. The van der Waals surface area contributed by atoms with Gasteiger partial charge >= 0.3 is 0 Å². The highest BCUT2D eigenvalue weighted by Crippen LogP contribution is 2.35. The fourth-order valence-corrected chi connectivity index (χ4v) is 5.20. The van der Waals surface area contributed by atoms with Crippen LogP contribution in [0.3, 0.4) is 0 Å². The lowest BCUT2D eigenvalue weighted by Gasteiger charge is -2.44. The third-order valence-electron chi connectivity index (χ3n) is 7.15. The number of nitrogens with zero attached hydrogens (tertiary/aromatic N) is 2. The van der Waals surface area contributed by atoms with E-state index in [9.17, 15) is 13.6 Å². The van der Waals surface area contributed by atoms with Crippen LogP contribution in [-0.2, 0) is 13.0 Å². The summed E-state index contributed by atoms with van der Waals surface area (Å²) in [5.41, 5.74) is 7.53. The second kappa shape index (κ2) is 10.3. The number of aryl methyl sites for hydroxylation is 1. The van der Waals surface area contributed by atoms with Gasteiger partial charge in [0.25, 0.3) is 0 Å². The largest absolute Gasteiger partial charge is 0.489 e. The molecule has 2 aliphatic rings. The number of nitrogens with two attached hydrogens (primary N) is 1. The lowest BCUT2D eigenvalue weighted by molar-refractivity contribution is 0.0414. The number of hydrogen-bond donors (Lipinski definition) is 1. The van der Waals surface area contributed by atoms with Gasteiger partial charge in [0.15, 0.2) is 11.6 Å². The maximum Gasteiger partial charge on any atom is 0.249 e. The van der Waals surface area contributed by atoms with Crippen molar-refractivity contribution in [3.63, 3.8) is 0 Å². The zero-order chi connectivity index (χ0) is 22.9. The number of fused-ring (bicyclic) bond motifs is 2. The summed E-state index contributed by atoms with van der Waals surface area (Å²) in [6.45, 7) is 2.20. The molecular formula is C26H30ClF2N3O2. The maximum absolute atomic E-state index is 14.3. The molecular weight excluding hydrogens is 460 g/mol. The molecule has 1 aromatic heterocycles. The summed E-state index contributed by atoms with van der Waals surface area (Å²) in [7, 11) is 0. The predicted molar refractivity (Wildman–Crippen MR) is 131 cm³/mol. The molecule has 1 aliphatic carbocycles. The number of primary amides is 1. The van der Waals surface area contributed by atoms with Crippen LogP contribution in [0.5, 0.6) is 5.75 Å². The molecule has 2 aromatic carbocycles. The Hall–Kier alpha value is -2.64. The van der Waals surface area contributed by atoms with Crippen molar-refractivity contribution in [3.05, 3.63) is 65.4 Å². The van der Waals surface area contributed by atoms with Crippen molar-refractivity contribution < 1.29 is 18.3 Å². The molecule has 0 saturated heterocycles. The van der Waals surface area contributed by atoms with E-state index in [1.807, 2.05) is 18.3 Å². The normalized spacial score (nSPS) is 17.7. The van der Waals surface area contributed by atoms with Crippen molar-refractivity contribution in [3.8, 4) is 5.75 Å². The SMILES string of the molecule is Cl.NC(=O)c1ccc(F)c2c1CC(N(CCCCn1ccc3cc(F)ccc31)C1CCC1)CO2. The summed E-state index contributed by atoms with van der Waals surface area (Å²) in [4.78, 5) is 14.4. The summed E-state index contributed by atoms with van der Waals surface area (Å²) < 4.78 is 35.7. The summed E-state index contributed by atoms with van der Waals surface area (Å²) >= 11 is 0. The topological polar surface area (TPSA) is 60.5 Å². The molecule has 1 unspecified atom stereocenters. The second-order valence-electron chi connectivity index (χ2n) is 9.18. The molecule has 1 fully saturated rings.